The fraction of sp³-hybridized carbons (Fsp3) is 0.229. The molecule has 0 unspecified atom stereocenters. The maximum atomic E-state index is 13.3. The summed E-state index contributed by atoms with van der Waals surface area (Å²) in [6.07, 6.45) is 10.6. The van der Waals surface area contributed by atoms with Gasteiger partial charge in [-0.05, 0) is 61.2 Å². The van der Waals surface area contributed by atoms with E-state index in [0.717, 1.165) is 37.6 Å². The zero-order valence-electron chi connectivity index (χ0n) is 25.3. The van der Waals surface area contributed by atoms with Gasteiger partial charge in [0, 0.05) is 36.9 Å². The van der Waals surface area contributed by atoms with Crippen molar-refractivity contribution in [3.05, 3.63) is 88.6 Å². The third-order valence-electron chi connectivity index (χ3n) is 7.49. The van der Waals surface area contributed by atoms with Crippen molar-refractivity contribution in [2.75, 3.05) is 6.61 Å². The molecule has 3 aromatic carbocycles. The van der Waals surface area contributed by atoms with E-state index in [1.165, 1.54) is 42.5 Å². The molecule has 0 saturated carbocycles. The van der Waals surface area contributed by atoms with E-state index in [2.05, 4.69) is 4.98 Å². The van der Waals surface area contributed by atoms with Crippen molar-refractivity contribution >= 4 is 22.8 Å². The van der Waals surface area contributed by atoms with E-state index in [-0.39, 0.29) is 69.9 Å². The van der Waals surface area contributed by atoms with Gasteiger partial charge in [0.1, 0.15) is 22.5 Å². The molecule has 0 radical (unpaired) electrons. The molecule has 2 aromatic heterocycles. The number of ether oxygens (including phenoxy) is 1. The van der Waals surface area contributed by atoms with Gasteiger partial charge in [0.25, 0.3) is 0 Å². The normalized spacial score (nSPS) is 11.4. The van der Waals surface area contributed by atoms with Crippen LogP contribution in [0, 0.1) is 0 Å². The zero-order chi connectivity index (χ0) is 33.5. The lowest BCUT2D eigenvalue weighted by Gasteiger charge is -2.13. The molecule has 12 heteroatoms. The Hall–Kier alpha value is -5.91. The summed E-state index contributed by atoms with van der Waals surface area (Å²) in [4.78, 5) is 30.0. The summed E-state index contributed by atoms with van der Waals surface area (Å²) in [5.41, 5.74) is 0.952. The average molecular weight is 643 g/mol. The second-order valence-corrected chi connectivity index (χ2v) is 11.0. The molecule has 12 nitrogen and oxygen atoms in total. The molecule has 0 atom stereocenters. The molecule has 244 valence electrons. The lowest BCUT2D eigenvalue weighted by molar-refractivity contribution is -0.114. The molecule has 0 aliphatic heterocycles. The first-order valence-corrected chi connectivity index (χ1v) is 15.0. The number of carbonyl (C=O) groups excluding carboxylic acids is 1. The first-order chi connectivity index (χ1) is 22.6. The quantitative estimate of drug-likeness (QED) is 0.0491. The number of carbonyl (C=O) groups is 1. The van der Waals surface area contributed by atoms with Gasteiger partial charge in [-0.1, -0.05) is 25.0 Å². The van der Waals surface area contributed by atoms with Crippen LogP contribution in [0.25, 0.3) is 28.4 Å². The van der Waals surface area contributed by atoms with Gasteiger partial charge in [0.05, 0.1) is 18.6 Å². The van der Waals surface area contributed by atoms with Crippen molar-refractivity contribution in [1.82, 2.24) is 9.55 Å². The van der Waals surface area contributed by atoms with Crippen LogP contribution >= 0.6 is 0 Å². The highest BCUT2D eigenvalue weighted by molar-refractivity contribution is 5.93. The van der Waals surface area contributed by atoms with Gasteiger partial charge >= 0.3 is 0 Å². The molecule has 0 amide bonds. The third kappa shape index (κ3) is 8.03. The van der Waals surface area contributed by atoms with Crippen LogP contribution in [0.5, 0.6) is 40.2 Å². The van der Waals surface area contributed by atoms with Crippen LogP contribution in [0.3, 0.4) is 0 Å². The summed E-state index contributed by atoms with van der Waals surface area (Å²) >= 11 is 0. The second kappa shape index (κ2) is 14.5. The number of allylic oxidation sites excluding steroid dienone is 1. The lowest BCUT2D eigenvalue weighted by atomic mass is 10.1. The Kier molecular flexibility index (Phi) is 9.99. The van der Waals surface area contributed by atoms with E-state index in [9.17, 15) is 40.2 Å². The van der Waals surface area contributed by atoms with E-state index < -0.39 is 16.9 Å². The number of ketones is 1. The SMILES string of the molecule is O=C(/C=C/c1ccc(O)c(O)c1)CCc1cn(CCCCCCOc2c(-c3ccc(O)c(O)c3)oc3cc(O)cc(O)c3c2=O)cn1. The third-order valence-corrected chi connectivity index (χ3v) is 7.49. The molecule has 2 heterocycles. The molecule has 0 bridgehead atoms. The number of nitrogens with zero attached hydrogens (tertiary/aromatic N) is 2. The standard InChI is InChI=1S/C35H34N2O10/c38-24(9-5-21-6-11-26(40)28(42)15-21)10-8-23-19-37(20-36-23)13-3-1-2-4-14-46-35-33(45)32-30(44)17-25(39)18-31(32)47-34(35)22-7-12-27(41)29(43)16-22/h5-7,9,11-12,15-20,39-44H,1-4,8,10,13-14H2/b9-5+. The molecule has 47 heavy (non-hydrogen) atoms. The van der Waals surface area contributed by atoms with Gasteiger partial charge in [-0.2, -0.15) is 0 Å². The first kappa shape index (κ1) is 32.5. The van der Waals surface area contributed by atoms with Crippen molar-refractivity contribution in [3.8, 4) is 51.6 Å². The van der Waals surface area contributed by atoms with Crippen LogP contribution < -0.4 is 10.2 Å². The van der Waals surface area contributed by atoms with Gasteiger partial charge in [0.15, 0.2) is 34.5 Å². The van der Waals surface area contributed by atoms with Gasteiger partial charge in [0.2, 0.25) is 11.2 Å². The van der Waals surface area contributed by atoms with Gasteiger partial charge in [-0.25, -0.2) is 4.98 Å². The fourth-order valence-electron chi connectivity index (χ4n) is 5.00. The van der Waals surface area contributed by atoms with Crippen molar-refractivity contribution < 1.29 is 44.6 Å². The van der Waals surface area contributed by atoms with Crippen LogP contribution in [-0.2, 0) is 17.8 Å². The maximum Gasteiger partial charge on any atom is 0.239 e. The molecule has 5 rings (SSSR count). The Balaban J connectivity index is 1.10. The zero-order valence-corrected chi connectivity index (χ0v) is 25.3. The Morgan fingerprint density at radius 2 is 1.60 bits per heavy atom. The molecule has 0 fully saturated rings. The average Bonchev–Trinajstić information content (AvgIpc) is 3.49. The van der Waals surface area contributed by atoms with Gasteiger partial charge in [-0.15, -0.1) is 0 Å². The predicted octanol–water partition coefficient (Wildman–Crippen LogP) is 5.74. The number of rotatable bonds is 14. The number of phenols is 6. The molecular weight excluding hydrogens is 608 g/mol. The van der Waals surface area contributed by atoms with E-state index in [1.54, 1.807) is 18.5 Å². The van der Waals surface area contributed by atoms with E-state index in [1.807, 2.05) is 10.8 Å². The summed E-state index contributed by atoms with van der Waals surface area (Å²) in [6.45, 7) is 0.915. The number of imidazole rings is 1. The highest BCUT2D eigenvalue weighted by atomic mass is 16.5. The number of phenolic OH excluding ortho intramolecular Hbond substituents is 6. The predicted molar refractivity (Wildman–Crippen MR) is 173 cm³/mol. The van der Waals surface area contributed by atoms with E-state index in [4.69, 9.17) is 9.15 Å². The molecule has 0 saturated heterocycles. The monoisotopic (exact) mass is 642 g/mol. The summed E-state index contributed by atoms with van der Waals surface area (Å²) in [7, 11) is 0. The lowest BCUT2D eigenvalue weighted by Crippen LogP contribution is -2.11. The van der Waals surface area contributed by atoms with Gasteiger partial charge in [-0.3, -0.25) is 9.59 Å². The highest BCUT2D eigenvalue weighted by Gasteiger charge is 2.21. The second-order valence-electron chi connectivity index (χ2n) is 11.0. The van der Waals surface area contributed by atoms with Crippen molar-refractivity contribution in [2.45, 2.75) is 45.1 Å². The number of aryl methyl sites for hydroxylation is 2. The topological polar surface area (TPSA) is 196 Å². The minimum Gasteiger partial charge on any atom is -0.508 e. The van der Waals surface area contributed by atoms with Crippen LogP contribution in [0.2, 0.25) is 0 Å². The number of hydrogen-bond donors (Lipinski definition) is 6. The van der Waals surface area contributed by atoms with Crippen LogP contribution in [0.15, 0.2) is 76.3 Å². The number of aromatic nitrogens is 2. The number of hydrogen-bond acceptors (Lipinski definition) is 11. The number of aromatic hydroxyl groups is 6. The fourth-order valence-corrected chi connectivity index (χ4v) is 5.00. The number of benzene rings is 3. The smallest absolute Gasteiger partial charge is 0.239 e. The van der Waals surface area contributed by atoms with Gasteiger partial charge < -0.3 is 44.4 Å². The Labute approximate surface area is 268 Å². The minimum atomic E-state index is -0.641. The summed E-state index contributed by atoms with van der Waals surface area (Å²) in [5, 5.41) is 58.7. The Morgan fingerprint density at radius 1 is 0.851 bits per heavy atom. The van der Waals surface area contributed by atoms with Crippen LogP contribution in [0.4, 0.5) is 0 Å². The molecule has 0 aliphatic carbocycles. The van der Waals surface area contributed by atoms with Crippen molar-refractivity contribution in [2.24, 2.45) is 0 Å². The molecule has 5 aromatic rings. The molecule has 6 N–H and O–H groups in total. The number of unbranched alkanes of at least 4 members (excludes halogenated alkanes) is 3. The summed E-state index contributed by atoms with van der Waals surface area (Å²) in [6, 6.07) is 10.5. The molecule has 0 spiro atoms. The number of fused-ring (bicyclic) bond motifs is 1. The van der Waals surface area contributed by atoms with Crippen molar-refractivity contribution in [3.63, 3.8) is 0 Å². The highest BCUT2D eigenvalue weighted by Crippen LogP contribution is 2.38. The van der Waals surface area contributed by atoms with Crippen LogP contribution in [0.1, 0.15) is 43.4 Å². The van der Waals surface area contributed by atoms with Crippen LogP contribution in [-0.4, -0.2) is 52.6 Å². The minimum absolute atomic E-state index is 0.0194. The summed E-state index contributed by atoms with van der Waals surface area (Å²) < 4.78 is 13.7. The Bertz CT molecular complexity index is 1990. The molecule has 0 aliphatic rings. The Morgan fingerprint density at radius 3 is 2.36 bits per heavy atom. The van der Waals surface area contributed by atoms with E-state index in [0.29, 0.717) is 18.4 Å². The largest absolute Gasteiger partial charge is 0.508 e. The maximum absolute atomic E-state index is 13.3. The van der Waals surface area contributed by atoms with Crippen molar-refractivity contribution in [1.29, 1.82) is 0 Å². The first-order valence-electron chi connectivity index (χ1n) is 15.0. The van der Waals surface area contributed by atoms with E-state index >= 15 is 0 Å². The summed E-state index contributed by atoms with van der Waals surface area (Å²) in [5.74, 6) is -2.27. The molecular formula is C35H34N2O10.